The molecule has 0 saturated heterocycles. The molecule has 1 aliphatic rings. The van der Waals surface area contributed by atoms with Crippen LogP contribution in [0.15, 0.2) is 23.1 Å². The number of carboxylic acid groups (broad SMARTS) is 1. The molecule has 1 heterocycles. The summed E-state index contributed by atoms with van der Waals surface area (Å²) in [6.07, 6.45) is 0. The lowest BCUT2D eigenvalue weighted by Crippen LogP contribution is -2.39. The second-order valence-electron chi connectivity index (χ2n) is 3.50. The van der Waals surface area contributed by atoms with Crippen LogP contribution < -0.4 is 9.64 Å². The fourth-order valence-electron chi connectivity index (χ4n) is 1.62. The zero-order valence-corrected chi connectivity index (χ0v) is 9.99. The van der Waals surface area contributed by atoms with Crippen molar-refractivity contribution in [3.63, 3.8) is 0 Å². The first kappa shape index (κ1) is 11.8. The molecular formula is C11H11NO4S. The smallest absolute Gasteiger partial charge is 0.323 e. The van der Waals surface area contributed by atoms with Gasteiger partial charge in [0.1, 0.15) is 12.3 Å². The summed E-state index contributed by atoms with van der Waals surface area (Å²) in [5.74, 6) is -0.348. The van der Waals surface area contributed by atoms with Crippen LogP contribution in [0.3, 0.4) is 0 Å². The molecule has 5 nitrogen and oxygen atoms in total. The molecule has 0 atom stereocenters. The average Bonchev–Trinajstić information content (AvgIpc) is 2.32. The number of methoxy groups -OCH3 is 1. The van der Waals surface area contributed by atoms with Gasteiger partial charge in [0.05, 0.1) is 18.6 Å². The standard InChI is InChI=1S/C11H11NO4S/c1-16-7-2-3-9-8(4-7)12(5-11(14)15)10(13)6-17-9/h2-4H,5-6H2,1H3,(H,14,15). The first-order chi connectivity index (χ1) is 8.11. The molecule has 0 aliphatic carbocycles. The van der Waals surface area contributed by atoms with E-state index in [2.05, 4.69) is 0 Å². The van der Waals surface area contributed by atoms with E-state index in [1.165, 1.54) is 23.8 Å². The fraction of sp³-hybridized carbons (Fsp3) is 0.273. The van der Waals surface area contributed by atoms with Crippen LogP contribution >= 0.6 is 11.8 Å². The quantitative estimate of drug-likeness (QED) is 0.877. The minimum absolute atomic E-state index is 0.196. The summed E-state index contributed by atoms with van der Waals surface area (Å²) >= 11 is 1.41. The number of carbonyl (C=O) groups excluding carboxylic acids is 1. The largest absolute Gasteiger partial charge is 0.497 e. The van der Waals surface area contributed by atoms with Crippen LogP contribution in [0, 0.1) is 0 Å². The second-order valence-corrected chi connectivity index (χ2v) is 4.51. The van der Waals surface area contributed by atoms with Crippen molar-refractivity contribution < 1.29 is 19.4 Å². The Morgan fingerprint density at radius 2 is 2.35 bits per heavy atom. The van der Waals surface area contributed by atoms with E-state index in [1.807, 2.05) is 6.07 Å². The van der Waals surface area contributed by atoms with Crippen LogP contribution in [-0.2, 0) is 9.59 Å². The maximum Gasteiger partial charge on any atom is 0.323 e. The summed E-state index contributed by atoms with van der Waals surface area (Å²) in [5, 5.41) is 8.80. The van der Waals surface area contributed by atoms with E-state index in [4.69, 9.17) is 9.84 Å². The number of thioether (sulfide) groups is 1. The van der Waals surface area contributed by atoms with E-state index in [1.54, 1.807) is 12.1 Å². The molecule has 1 aliphatic heterocycles. The van der Waals surface area contributed by atoms with Crippen molar-refractivity contribution in [3.8, 4) is 5.75 Å². The fourth-order valence-corrected chi connectivity index (χ4v) is 2.53. The maximum absolute atomic E-state index is 11.7. The Kier molecular flexibility index (Phi) is 3.23. The van der Waals surface area contributed by atoms with Gasteiger partial charge in [-0.25, -0.2) is 0 Å². The summed E-state index contributed by atoms with van der Waals surface area (Å²) in [6.45, 7) is -0.320. The molecule has 0 fully saturated rings. The van der Waals surface area contributed by atoms with Crippen molar-refractivity contribution in [1.29, 1.82) is 0 Å². The number of carboxylic acids is 1. The number of ether oxygens (including phenoxy) is 1. The van der Waals surface area contributed by atoms with E-state index >= 15 is 0 Å². The first-order valence-electron chi connectivity index (χ1n) is 4.95. The van der Waals surface area contributed by atoms with Crippen molar-refractivity contribution in [1.82, 2.24) is 0 Å². The van der Waals surface area contributed by atoms with Gasteiger partial charge in [0.15, 0.2) is 0 Å². The number of anilines is 1. The van der Waals surface area contributed by atoms with Gasteiger partial charge in [-0.05, 0) is 12.1 Å². The third kappa shape index (κ3) is 2.36. The molecule has 90 valence electrons. The van der Waals surface area contributed by atoms with E-state index in [9.17, 15) is 9.59 Å². The van der Waals surface area contributed by atoms with Gasteiger partial charge < -0.3 is 9.84 Å². The molecule has 0 aromatic heterocycles. The molecule has 0 spiro atoms. The van der Waals surface area contributed by atoms with E-state index < -0.39 is 5.97 Å². The molecular weight excluding hydrogens is 242 g/mol. The Morgan fingerprint density at radius 3 is 3.00 bits per heavy atom. The molecule has 0 bridgehead atoms. The van der Waals surface area contributed by atoms with E-state index in [0.29, 0.717) is 11.4 Å². The van der Waals surface area contributed by atoms with Crippen molar-refractivity contribution in [2.45, 2.75) is 4.90 Å². The minimum atomic E-state index is -1.03. The van der Waals surface area contributed by atoms with E-state index in [-0.39, 0.29) is 18.2 Å². The zero-order valence-electron chi connectivity index (χ0n) is 9.17. The molecule has 0 unspecified atom stereocenters. The van der Waals surface area contributed by atoms with E-state index in [0.717, 1.165) is 4.90 Å². The van der Waals surface area contributed by atoms with Crippen LogP contribution in [-0.4, -0.2) is 36.4 Å². The van der Waals surface area contributed by atoms with Gasteiger partial charge in [0.25, 0.3) is 0 Å². The van der Waals surface area contributed by atoms with Crippen LogP contribution in [0.1, 0.15) is 0 Å². The molecule has 2 rings (SSSR count). The van der Waals surface area contributed by atoms with Crippen LogP contribution in [0.25, 0.3) is 0 Å². The number of nitrogens with zero attached hydrogens (tertiary/aromatic N) is 1. The lowest BCUT2D eigenvalue weighted by molar-refractivity contribution is -0.136. The highest BCUT2D eigenvalue weighted by atomic mass is 32.2. The summed E-state index contributed by atoms with van der Waals surface area (Å²) < 4.78 is 5.07. The molecule has 0 saturated carbocycles. The predicted octanol–water partition coefficient (Wildman–Crippen LogP) is 1.22. The highest BCUT2D eigenvalue weighted by Gasteiger charge is 2.26. The zero-order chi connectivity index (χ0) is 12.4. The lowest BCUT2D eigenvalue weighted by atomic mass is 10.2. The Morgan fingerprint density at radius 1 is 1.59 bits per heavy atom. The second kappa shape index (κ2) is 4.67. The molecule has 6 heteroatoms. The number of carbonyl (C=O) groups is 2. The van der Waals surface area contributed by atoms with Crippen LogP contribution in [0.2, 0.25) is 0 Å². The molecule has 1 aromatic carbocycles. The average molecular weight is 253 g/mol. The van der Waals surface area contributed by atoms with Crippen LogP contribution in [0.4, 0.5) is 5.69 Å². The number of fused-ring (bicyclic) bond motifs is 1. The molecule has 1 amide bonds. The highest BCUT2D eigenvalue weighted by Crippen LogP contribution is 2.37. The molecule has 17 heavy (non-hydrogen) atoms. The van der Waals surface area contributed by atoms with Gasteiger partial charge >= 0.3 is 5.97 Å². The predicted molar refractivity (Wildman–Crippen MR) is 63.7 cm³/mol. The van der Waals surface area contributed by atoms with Crippen molar-refractivity contribution in [2.75, 3.05) is 24.3 Å². The third-order valence-electron chi connectivity index (χ3n) is 2.40. The number of hydrogen-bond donors (Lipinski definition) is 1. The lowest BCUT2D eigenvalue weighted by Gasteiger charge is -2.27. The number of amides is 1. The summed E-state index contributed by atoms with van der Waals surface area (Å²) in [6, 6.07) is 5.31. The number of benzene rings is 1. The molecule has 0 radical (unpaired) electrons. The van der Waals surface area contributed by atoms with Crippen LogP contribution in [0.5, 0.6) is 5.75 Å². The first-order valence-corrected chi connectivity index (χ1v) is 5.93. The van der Waals surface area contributed by atoms with Gasteiger partial charge in [-0.2, -0.15) is 0 Å². The van der Waals surface area contributed by atoms with Gasteiger partial charge in [0.2, 0.25) is 5.91 Å². The van der Waals surface area contributed by atoms with Crippen molar-refractivity contribution >= 4 is 29.3 Å². The molecule has 1 N–H and O–H groups in total. The normalized spacial score (nSPS) is 14.4. The van der Waals surface area contributed by atoms with Gasteiger partial charge in [-0.3, -0.25) is 14.5 Å². The SMILES string of the molecule is COc1ccc2c(c1)N(CC(=O)O)C(=O)CS2. The Balaban J connectivity index is 2.41. The maximum atomic E-state index is 11.7. The van der Waals surface area contributed by atoms with Gasteiger partial charge in [-0.1, -0.05) is 0 Å². The molecule has 1 aromatic rings. The topological polar surface area (TPSA) is 66.8 Å². The summed E-state index contributed by atoms with van der Waals surface area (Å²) in [4.78, 5) is 24.6. The summed E-state index contributed by atoms with van der Waals surface area (Å²) in [7, 11) is 1.53. The number of aliphatic carboxylic acids is 1. The summed E-state index contributed by atoms with van der Waals surface area (Å²) in [5.41, 5.74) is 0.605. The Labute approximate surface area is 102 Å². The third-order valence-corrected chi connectivity index (χ3v) is 3.45. The highest BCUT2D eigenvalue weighted by molar-refractivity contribution is 8.00. The Bertz CT molecular complexity index is 475. The van der Waals surface area contributed by atoms with Crippen molar-refractivity contribution in [2.24, 2.45) is 0 Å². The Hall–Kier alpha value is -1.69. The van der Waals surface area contributed by atoms with Gasteiger partial charge in [0, 0.05) is 11.0 Å². The minimum Gasteiger partial charge on any atom is -0.497 e. The number of rotatable bonds is 3. The monoisotopic (exact) mass is 253 g/mol. The van der Waals surface area contributed by atoms with Gasteiger partial charge in [-0.15, -0.1) is 11.8 Å². The van der Waals surface area contributed by atoms with Crippen molar-refractivity contribution in [3.05, 3.63) is 18.2 Å². The number of hydrogen-bond acceptors (Lipinski definition) is 4.